The quantitative estimate of drug-likeness (QED) is 0.178. The minimum absolute atomic E-state index is 0.0134. The molecule has 47 heavy (non-hydrogen) atoms. The molecule has 0 aromatic heterocycles. The standard InChI is InChI=1S/C38H60N2O7/c1-7-39(8-2)20-21-40(9-3)33(44)14-12-10-11-13-15-34(45)47-25-32(43)38(46)19-17-29-28-22-26(4)30-23-27(41)16-18-36(30,5)35(28)31(42)24-37(29,38)6/h16,18,23,26,28-29,31,35,42,46H,7-15,17,19-22,24-25H2,1-6H3/t26-,28-,29-,31-,35+,36-,37+,38-/m0/s1. The first kappa shape index (κ1) is 37.5. The summed E-state index contributed by atoms with van der Waals surface area (Å²) in [5.41, 5.74) is -1.87. The summed E-state index contributed by atoms with van der Waals surface area (Å²) in [5.74, 6) is -0.589. The molecule has 8 atom stereocenters. The number of ether oxygens (including phenoxy) is 1. The molecule has 3 fully saturated rings. The zero-order valence-corrected chi connectivity index (χ0v) is 29.8. The zero-order chi connectivity index (χ0) is 34.6. The number of carbonyl (C=O) groups is 4. The largest absolute Gasteiger partial charge is 0.458 e. The van der Waals surface area contributed by atoms with E-state index in [9.17, 15) is 29.4 Å². The van der Waals surface area contributed by atoms with E-state index in [1.807, 2.05) is 24.8 Å². The van der Waals surface area contributed by atoms with Crippen LogP contribution in [0.3, 0.4) is 0 Å². The van der Waals surface area contributed by atoms with E-state index >= 15 is 0 Å². The van der Waals surface area contributed by atoms with Crippen molar-refractivity contribution in [3.63, 3.8) is 0 Å². The van der Waals surface area contributed by atoms with E-state index in [4.69, 9.17) is 4.74 Å². The lowest BCUT2D eigenvalue weighted by molar-refractivity contribution is -0.182. The Morgan fingerprint density at radius 1 is 1.00 bits per heavy atom. The molecule has 9 nitrogen and oxygen atoms in total. The number of rotatable bonds is 16. The third kappa shape index (κ3) is 7.47. The second-order valence-corrected chi connectivity index (χ2v) is 15.1. The Morgan fingerprint density at radius 2 is 1.68 bits per heavy atom. The molecular weight excluding hydrogens is 596 g/mol. The molecule has 1 amide bonds. The molecule has 0 unspecified atom stereocenters. The van der Waals surface area contributed by atoms with Gasteiger partial charge in [0.05, 0.1) is 6.10 Å². The number of allylic oxidation sites excluding steroid dienone is 4. The average Bonchev–Trinajstić information content (AvgIpc) is 3.31. The fourth-order valence-electron chi connectivity index (χ4n) is 9.87. The van der Waals surface area contributed by atoms with Crippen LogP contribution in [0.1, 0.15) is 106 Å². The van der Waals surface area contributed by atoms with Gasteiger partial charge in [0.1, 0.15) is 5.60 Å². The number of unbranched alkanes of at least 4 members (excludes halogenated alkanes) is 3. The van der Waals surface area contributed by atoms with Crippen LogP contribution in [0.25, 0.3) is 0 Å². The molecule has 0 aromatic rings. The van der Waals surface area contributed by atoms with Crippen molar-refractivity contribution in [2.75, 3.05) is 39.3 Å². The molecule has 4 rings (SSSR count). The van der Waals surface area contributed by atoms with Gasteiger partial charge in [-0.05, 0) is 88.4 Å². The van der Waals surface area contributed by atoms with Crippen molar-refractivity contribution in [3.05, 3.63) is 23.8 Å². The van der Waals surface area contributed by atoms with Crippen LogP contribution >= 0.6 is 0 Å². The maximum Gasteiger partial charge on any atom is 0.306 e. The zero-order valence-electron chi connectivity index (χ0n) is 29.8. The van der Waals surface area contributed by atoms with E-state index < -0.39 is 40.9 Å². The third-order valence-electron chi connectivity index (χ3n) is 12.6. The Balaban J connectivity index is 1.23. The Morgan fingerprint density at radius 3 is 2.34 bits per heavy atom. The predicted octanol–water partition coefficient (Wildman–Crippen LogP) is 4.89. The molecule has 4 aliphatic rings. The Kier molecular flexibility index (Phi) is 12.3. The van der Waals surface area contributed by atoms with Gasteiger partial charge in [-0.3, -0.25) is 19.2 Å². The Hall–Kier alpha value is -2.36. The summed E-state index contributed by atoms with van der Waals surface area (Å²) in [5, 5.41) is 23.6. The monoisotopic (exact) mass is 656 g/mol. The van der Waals surface area contributed by atoms with Crippen LogP contribution < -0.4 is 0 Å². The van der Waals surface area contributed by atoms with Crippen molar-refractivity contribution in [1.82, 2.24) is 9.80 Å². The minimum atomic E-state index is -1.67. The molecule has 4 aliphatic carbocycles. The lowest BCUT2D eigenvalue weighted by Gasteiger charge is -2.60. The number of Topliss-reactive ketones (excluding diaryl/α,β-unsaturated/α-hetero) is 1. The van der Waals surface area contributed by atoms with Crippen LogP contribution in [0.15, 0.2) is 23.8 Å². The number of nitrogens with zero attached hydrogens (tertiary/aromatic N) is 2. The lowest BCUT2D eigenvalue weighted by Crippen LogP contribution is -2.62. The normalized spacial score (nSPS) is 34.4. The molecule has 0 spiro atoms. The highest BCUT2D eigenvalue weighted by molar-refractivity contribution is 6.01. The Labute approximate surface area is 282 Å². The number of fused-ring (bicyclic) bond motifs is 5. The van der Waals surface area contributed by atoms with Gasteiger partial charge in [-0.1, -0.05) is 59.1 Å². The van der Waals surface area contributed by atoms with Gasteiger partial charge in [0, 0.05) is 49.2 Å². The molecule has 264 valence electrons. The van der Waals surface area contributed by atoms with Gasteiger partial charge in [0.25, 0.3) is 0 Å². The average molecular weight is 657 g/mol. The van der Waals surface area contributed by atoms with Gasteiger partial charge >= 0.3 is 5.97 Å². The molecule has 0 saturated heterocycles. The topological polar surface area (TPSA) is 124 Å². The Bertz CT molecular complexity index is 1230. The first-order chi connectivity index (χ1) is 22.2. The maximum atomic E-state index is 13.6. The van der Waals surface area contributed by atoms with Crippen LogP contribution in [-0.4, -0.2) is 94.5 Å². The number of esters is 1. The summed E-state index contributed by atoms with van der Waals surface area (Å²) in [6.45, 7) is 16.3. The molecule has 0 aromatic carbocycles. The van der Waals surface area contributed by atoms with Gasteiger partial charge in [0.15, 0.2) is 12.4 Å². The van der Waals surface area contributed by atoms with Crippen molar-refractivity contribution < 1.29 is 34.1 Å². The van der Waals surface area contributed by atoms with Gasteiger partial charge in [-0.25, -0.2) is 0 Å². The van der Waals surface area contributed by atoms with Gasteiger partial charge in [-0.2, -0.15) is 0 Å². The van der Waals surface area contributed by atoms with E-state index in [1.165, 1.54) is 0 Å². The highest BCUT2D eigenvalue weighted by atomic mass is 16.5. The van der Waals surface area contributed by atoms with Crippen LogP contribution in [0.4, 0.5) is 0 Å². The molecule has 9 heteroatoms. The smallest absolute Gasteiger partial charge is 0.306 e. The van der Waals surface area contributed by atoms with E-state index in [1.54, 1.807) is 12.2 Å². The van der Waals surface area contributed by atoms with Crippen molar-refractivity contribution in [3.8, 4) is 0 Å². The maximum absolute atomic E-state index is 13.6. The molecule has 2 N–H and O–H groups in total. The lowest BCUT2D eigenvalue weighted by atomic mass is 9.45. The second-order valence-electron chi connectivity index (χ2n) is 15.1. The summed E-state index contributed by atoms with van der Waals surface area (Å²) < 4.78 is 5.38. The van der Waals surface area contributed by atoms with Gasteiger partial charge < -0.3 is 24.7 Å². The summed E-state index contributed by atoms with van der Waals surface area (Å²) in [6.07, 6.45) is 10.3. The first-order valence-electron chi connectivity index (χ1n) is 18.3. The number of likely N-dealkylation sites (N-methyl/N-ethyl adjacent to an activating group) is 2. The third-order valence-corrected chi connectivity index (χ3v) is 12.6. The van der Waals surface area contributed by atoms with Crippen molar-refractivity contribution in [2.45, 2.75) is 117 Å². The van der Waals surface area contributed by atoms with E-state index in [0.29, 0.717) is 25.8 Å². The number of carbonyl (C=O) groups excluding carboxylic acids is 4. The molecule has 0 bridgehead atoms. The van der Waals surface area contributed by atoms with E-state index in [2.05, 4.69) is 32.6 Å². The number of aliphatic hydroxyl groups excluding tert-OH is 1. The fourth-order valence-corrected chi connectivity index (χ4v) is 9.87. The second kappa shape index (κ2) is 15.5. The van der Waals surface area contributed by atoms with Crippen molar-refractivity contribution in [2.24, 2.45) is 34.5 Å². The molecule has 0 radical (unpaired) electrons. The number of hydrogen-bond donors (Lipinski definition) is 2. The van der Waals surface area contributed by atoms with Crippen LogP contribution in [0.2, 0.25) is 0 Å². The summed E-state index contributed by atoms with van der Waals surface area (Å²) >= 11 is 0. The summed E-state index contributed by atoms with van der Waals surface area (Å²) in [4.78, 5) is 55.2. The van der Waals surface area contributed by atoms with E-state index in [-0.39, 0.29) is 54.6 Å². The van der Waals surface area contributed by atoms with Crippen LogP contribution in [0, 0.1) is 34.5 Å². The van der Waals surface area contributed by atoms with Gasteiger partial charge in [-0.15, -0.1) is 0 Å². The summed E-state index contributed by atoms with van der Waals surface area (Å²) in [6, 6.07) is 0. The number of ketones is 2. The van der Waals surface area contributed by atoms with E-state index in [0.717, 1.165) is 57.4 Å². The van der Waals surface area contributed by atoms with Gasteiger partial charge in [0.2, 0.25) is 11.7 Å². The minimum Gasteiger partial charge on any atom is -0.458 e. The molecular formula is C38H60N2O7. The van der Waals surface area contributed by atoms with Crippen molar-refractivity contribution in [1.29, 1.82) is 0 Å². The number of aliphatic hydroxyl groups is 2. The number of hydrogen-bond acceptors (Lipinski definition) is 8. The summed E-state index contributed by atoms with van der Waals surface area (Å²) in [7, 11) is 0. The highest BCUT2D eigenvalue weighted by Crippen LogP contribution is 2.67. The number of amides is 1. The van der Waals surface area contributed by atoms with Crippen molar-refractivity contribution >= 4 is 23.4 Å². The van der Waals surface area contributed by atoms with Crippen LogP contribution in [-0.2, 0) is 23.9 Å². The van der Waals surface area contributed by atoms with Crippen LogP contribution in [0.5, 0.6) is 0 Å². The first-order valence-corrected chi connectivity index (χ1v) is 18.3. The SMILES string of the molecule is CCN(CC)CCN(CC)C(=O)CCCCCCC(=O)OCC(=O)[C@@]1(O)CC[C@H]2[C@@H]3C[C@H](C)C4=CC(=O)C=C[C@]4(C)[C@H]3[C@@H](O)C[C@]21C. The highest BCUT2D eigenvalue weighted by Gasteiger charge is 2.68. The molecule has 0 aliphatic heterocycles. The predicted molar refractivity (Wildman–Crippen MR) is 181 cm³/mol. The fraction of sp³-hybridized carbons (Fsp3) is 0.789. The molecule has 3 saturated carbocycles. The molecule has 0 heterocycles.